The van der Waals surface area contributed by atoms with Crippen LogP contribution >= 0.6 is 0 Å². The molecule has 1 N–H and O–H groups in total. The topological polar surface area (TPSA) is 66.5 Å². The molecule has 0 aliphatic rings. The van der Waals surface area contributed by atoms with Crippen molar-refractivity contribution in [1.82, 2.24) is 5.32 Å². The molecule has 0 saturated carbocycles. The fraction of sp³-hybridized carbons (Fsp3) is 0.235. The molecule has 128 valence electrons. The minimum Gasteiger partial charge on any atom is -0.350 e. The molecule has 2 aromatic carbocycles. The Labute approximate surface area is 141 Å². The zero-order chi connectivity index (χ0) is 17.7. The van der Waals surface area contributed by atoms with E-state index in [4.69, 9.17) is 0 Å². The first-order valence-electron chi connectivity index (χ1n) is 7.31. The Bertz CT molecular complexity index is 820. The van der Waals surface area contributed by atoms with Crippen LogP contribution in [0.5, 0.6) is 0 Å². The summed E-state index contributed by atoms with van der Waals surface area (Å²) in [4.78, 5) is 12.1. The SMILES string of the molecule is Cc1ccc(CNC(=O)CN(c2cccc(F)c2)S(C)(=O)=O)cc1. The van der Waals surface area contributed by atoms with E-state index in [2.05, 4.69) is 5.32 Å². The fourth-order valence-electron chi connectivity index (χ4n) is 2.12. The molecule has 0 bridgehead atoms. The van der Waals surface area contributed by atoms with Crippen LogP contribution in [0, 0.1) is 12.7 Å². The third-order valence-electron chi connectivity index (χ3n) is 3.39. The van der Waals surface area contributed by atoms with Crippen molar-refractivity contribution in [1.29, 1.82) is 0 Å². The molecule has 0 spiro atoms. The molecule has 0 aliphatic carbocycles. The molecular formula is C17H19FN2O3S. The lowest BCUT2D eigenvalue weighted by Gasteiger charge is -2.21. The Morgan fingerprint density at radius 2 is 1.83 bits per heavy atom. The molecule has 0 unspecified atom stereocenters. The first kappa shape index (κ1) is 17.9. The third kappa shape index (κ3) is 5.06. The number of halogens is 1. The van der Waals surface area contributed by atoms with E-state index in [0.717, 1.165) is 27.8 Å². The highest BCUT2D eigenvalue weighted by atomic mass is 32.2. The fourth-order valence-corrected chi connectivity index (χ4v) is 2.97. The maximum absolute atomic E-state index is 13.3. The Hall–Kier alpha value is -2.41. The molecule has 0 heterocycles. The predicted molar refractivity (Wildman–Crippen MR) is 91.6 cm³/mol. The quantitative estimate of drug-likeness (QED) is 0.869. The Balaban J connectivity index is 2.06. The summed E-state index contributed by atoms with van der Waals surface area (Å²) in [5.41, 5.74) is 2.13. The lowest BCUT2D eigenvalue weighted by molar-refractivity contribution is -0.119. The van der Waals surface area contributed by atoms with E-state index >= 15 is 0 Å². The predicted octanol–water partition coefficient (Wildman–Crippen LogP) is 2.22. The second kappa shape index (κ2) is 7.44. The van der Waals surface area contributed by atoms with Crippen molar-refractivity contribution in [2.75, 3.05) is 17.1 Å². The van der Waals surface area contributed by atoms with Gasteiger partial charge in [-0.05, 0) is 30.7 Å². The average molecular weight is 350 g/mol. The minimum absolute atomic E-state index is 0.114. The summed E-state index contributed by atoms with van der Waals surface area (Å²) in [5, 5.41) is 2.67. The maximum atomic E-state index is 13.3. The van der Waals surface area contributed by atoms with Gasteiger partial charge in [-0.25, -0.2) is 12.8 Å². The smallest absolute Gasteiger partial charge is 0.241 e. The van der Waals surface area contributed by atoms with E-state index in [1.54, 1.807) is 0 Å². The van der Waals surface area contributed by atoms with E-state index in [1.165, 1.54) is 18.2 Å². The second-order valence-electron chi connectivity index (χ2n) is 5.51. The number of hydrogen-bond acceptors (Lipinski definition) is 3. The Morgan fingerprint density at radius 1 is 1.17 bits per heavy atom. The molecule has 2 rings (SSSR count). The summed E-state index contributed by atoms with van der Waals surface area (Å²) < 4.78 is 38.0. The van der Waals surface area contributed by atoms with Gasteiger partial charge in [0.1, 0.15) is 12.4 Å². The molecular weight excluding hydrogens is 331 g/mol. The standard InChI is InChI=1S/C17H19FN2O3S/c1-13-6-8-14(9-7-13)11-19-17(21)12-20(24(2,22)23)16-5-3-4-15(18)10-16/h3-10H,11-12H2,1-2H3,(H,19,21). The highest BCUT2D eigenvalue weighted by molar-refractivity contribution is 7.92. The van der Waals surface area contributed by atoms with Gasteiger partial charge in [0.2, 0.25) is 15.9 Å². The number of carbonyl (C=O) groups excluding carboxylic acids is 1. The highest BCUT2D eigenvalue weighted by Crippen LogP contribution is 2.18. The Morgan fingerprint density at radius 3 is 2.42 bits per heavy atom. The van der Waals surface area contributed by atoms with Crippen LogP contribution in [-0.4, -0.2) is 27.1 Å². The highest BCUT2D eigenvalue weighted by Gasteiger charge is 2.21. The van der Waals surface area contributed by atoms with Gasteiger partial charge in [-0.15, -0.1) is 0 Å². The molecule has 0 radical (unpaired) electrons. The van der Waals surface area contributed by atoms with E-state index in [0.29, 0.717) is 6.54 Å². The molecule has 0 atom stereocenters. The van der Waals surface area contributed by atoms with Gasteiger partial charge < -0.3 is 5.32 Å². The summed E-state index contributed by atoms with van der Waals surface area (Å²) in [5.74, 6) is -1.04. The summed E-state index contributed by atoms with van der Waals surface area (Å²) in [6, 6.07) is 12.8. The molecule has 24 heavy (non-hydrogen) atoms. The summed E-state index contributed by atoms with van der Waals surface area (Å²) in [6.45, 7) is 1.85. The number of nitrogens with one attached hydrogen (secondary N) is 1. The van der Waals surface area contributed by atoms with Crippen molar-refractivity contribution in [3.63, 3.8) is 0 Å². The number of benzene rings is 2. The van der Waals surface area contributed by atoms with Crippen LogP contribution < -0.4 is 9.62 Å². The van der Waals surface area contributed by atoms with Crippen molar-refractivity contribution < 1.29 is 17.6 Å². The molecule has 0 aliphatic heterocycles. The zero-order valence-electron chi connectivity index (χ0n) is 13.5. The second-order valence-corrected chi connectivity index (χ2v) is 7.42. The zero-order valence-corrected chi connectivity index (χ0v) is 14.3. The maximum Gasteiger partial charge on any atom is 0.241 e. The van der Waals surface area contributed by atoms with Crippen LogP contribution in [0.1, 0.15) is 11.1 Å². The Kier molecular flexibility index (Phi) is 5.56. The summed E-state index contributed by atoms with van der Waals surface area (Å²) >= 11 is 0. The van der Waals surface area contributed by atoms with E-state index in [1.807, 2.05) is 31.2 Å². The van der Waals surface area contributed by atoms with Gasteiger partial charge in [-0.2, -0.15) is 0 Å². The van der Waals surface area contributed by atoms with Gasteiger partial charge >= 0.3 is 0 Å². The first-order valence-corrected chi connectivity index (χ1v) is 9.16. The average Bonchev–Trinajstić information content (AvgIpc) is 2.51. The number of amides is 1. The van der Waals surface area contributed by atoms with Crippen LogP contribution in [0.15, 0.2) is 48.5 Å². The molecule has 0 saturated heterocycles. The molecule has 0 aromatic heterocycles. The van der Waals surface area contributed by atoms with Crippen molar-refractivity contribution >= 4 is 21.6 Å². The number of anilines is 1. The van der Waals surface area contributed by atoms with Crippen LogP contribution in [0.4, 0.5) is 10.1 Å². The van der Waals surface area contributed by atoms with Crippen molar-refractivity contribution in [3.8, 4) is 0 Å². The molecule has 2 aromatic rings. The molecule has 0 fully saturated rings. The molecule has 1 amide bonds. The van der Waals surface area contributed by atoms with Gasteiger partial charge in [-0.3, -0.25) is 9.10 Å². The molecule has 7 heteroatoms. The van der Waals surface area contributed by atoms with E-state index < -0.39 is 28.3 Å². The van der Waals surface area contributed by atoms with Gasteiger partial charge in [0.05, 0.1) is 11.9 Å². The van der Waals surface area contributed by atoms with Crippen molar-refractivity contribution in [2.24, 2.45) is 0 Å². The lowest BCUT2D eigenvalue weighted by Crippen LogP contribution is -2.40. The van der Waals surface area contributed by atoms with Gasteiger partial charge in [0, 0.05) is 6.54 Å². The van der Waals surface area contributed by atoms with Crippen LogP contribution in [0.2, 0.25) is 0 Å². The number of rotatable bonds is 6. The number of sulfonamides is 1. The number of carbonyl (C=O) groups is 1. The van der Waals surface area contributed by atoms with Gasteiger partial charge in [-0.1, -0.05) is 35.9 Å². The van der Waals surface area contributed by atoms with E-state index in [-0.39, 0.29) is 5.69 Å². The largest absolute Gasteiger partial charge is 0.350 e. The normalized spacial score (nSPS) is 11.1. The number of nitrogens with zero attached hydrogens (tertiary/aromatic N) is 1. The van der Waals surface area contributed by atoms with E-state index in [9.17, 15) is 17.6 Å². The lowest BCUT2D eigenvalue weighted by atomic mass is 10.1. The number of aryl methyl sites for hydroxylation is 1. The van der Waals surface area contributed by atoms with Crippen molar-refractivity contribution in [2.45, 2.75) is 13.5 Å². The first-order chi connectivity index (χ1) is 11.3. The monoisotopic (exact) mass is 350 g/mol. The summed E-state index contributed by atoms with van der Waals surface area (Å²) in [7, 11) is -3.71. The van der Waals surface area contributed by atoms with Crippen molar-refractivity contribution in [3.05, 3.63) is 65.5 Å². The number of hydrogen-bond donors (Lipinski definition) is 1. The third-order valence-corrected chi connectivity index (χ3v) is 4.53. The van der Waals surface area contributed by atoms with Gasteiger partial charge in [0.25, 0.3) is 0 Å². The van der Waals surface area contributed by atoms with Gasteiger partial charge in [0.15, 0.2) is 0 Å². The van der Waals surface area contributed by atoms with Crippen LogP contribution in [0.25, 0.3) is 0 Å². The van der Waals surface area contributed by atoms with Crippen LogP contribution in [-0.2, 0) is 21.4 Å². The minimum atomic E-state index is -3.71. The summed E-state index contributed by atoms with van der Waals surface area (Å²) in [6.07, 6.45) is 0.977. The molecule has 5 nitrogen and oxygen atoms in total. The van der Waals surface area contributed by atoms with Crippen LogP contribution in [0.3, 0.4) is 0 Å².